The monoisotopic (exact) mass is 347 g/mol. The summed E-state index contributed by atoms with van der Waals surface area (Å²) in [6, 6.07) is 5.46. The second-order valence-corrected chi connectivity index (χ2v) is 6.61. The van der Waals surface area contributed by atoms with E-state index in [0.29, 0.717) is 10.7 Å². The minimum Gasteiger partial charge on any atom is -0.361 e. The molecule has 1 aromatic carbocycles. The topological polar surface area (TPSA) is 58.4 Å². The molecular formula is C18H22ClN3O2. The first-order chi connectivity index (χ1) is 11.5. The number of rotatable bonds is 3. The molecule has 0 spiro atoms. The minimum atomic E-state index is -0.111. The third-order valence-corrected chi connectivity index (χ3v) is 4.98. The van der Waals surface area contributed by atoms with Crippen molar-refractivity contribution in [1.29, 1.82) is 0 Å². The molecule has 1 N–H and O–H groups in total. The van der Waals surface area contributed by atoms with Gasteiger partial charge in [0.15, 0.2) is 0 Å². The number of nitrogens with zero attached hydrogens (tertiary/aromatic N) is 2. The summed E-state index contributed by atoms with van der Waals surface area (Å²) in [5, 5.41) is 7.68. The number of nitrogens with one attached hydrogen (secondary N) is 1. The Morgan fingerprint density at radius 2 is 2.25 bits per heavy atom. The van der Waals surface area contributed by atoms with E-state index in [4.69, 9.17) is 16.1 Å². The van der Waals surface area contributed by atoms with E-state index < -0.39 is 0 Å². The van der Waals surface area contributed by atoms with Crippen LogP contribution in [0.2, 0.25) is 5.02 Å². The van der Waals surface area contributed by atoms with E-state index in [2.05, 4.69) is 10.5 Å². The minimum absolute atomic E-state index is 0.0205. The van der Waals surface area contributed by atoms with E-state index in [-0.39, 0.29) is 12.1 Å². The van der Waals surface area contributed by atoms with Crippen molar-refractivity contribution in [1.82, 2.24) is 10.1 Å². The van der Waals surface area contributed by atoms with Crippen molar-refractivity contribution in [3.05, 3.63) is 45.8 Å². The molecule has 0 aliphatic carbocycles. The number of benzene rings is 1. The Morgan fingerprint density at radius 1 is 1.46 bits per heavy atom. The summed E-state index contributed by atoms with van der Waals surface area (Å²) in [4.78, 5) is 14.6. The molecule has 1 saturated heterocycles. The summed E-state index contributed by atoms with van der Waals surface area (Å²) in [6.45, 7) is 6.64. The van der Waals surface area contributed by atoms with Crippen LogP contribution in [0.15, 0.2) is 22.7 Å². The fourth-order valence-corrected chi connectivity index (χ4v) is 3.46. The Morgan fingerprint density at radius 3 is 2.96 bits per heavy atom. The van der Waals surface area contributed by atoms with Crippen LogP contribution in [0.5, 0.6) is 0 Å². The molecule has 1 aromatic heterocycles. The van der Waals surface area contributed by atoms with E-state index in [1.165, 1.54) is 0 Å². The average Bonchev–Trinajstić information content (AvgIpc) is 3.16. The molecule has 2 amide bonds. The van der Waals surface area contributed by atoms with Crippen LogP contribution in [-0.2, 0) is 6.42 Å². The Balaban J connectivity index is 1.81. The van der Waals surface area contributed by atoms with Crippen molar-refractivity contribution in [2.45, 2.75) is 46.1 Å². The number of amides is 2. The SMILES string of the molecule is CCc1onc(C)c1[C@@H]1CCCN1C(=O)Nc1ccc(C)c(Cl)c1. The second-order valence-electron chi connectivity index (χ2n) is 6.20. The van der Waals surface area contributed by atoms with Crippen molar-refractivity contribution < 1.29 is 9.32 Å². The maximum Gasteiger partial charge on any atom is 0.322 e. The highest BCUT2D eigenvalue weighted by atomic mass is 35.5. The summed E-state index contributed by atoms with van der Waals surface area (Å²) in [6.07, 6.45) is 2.67. The van der Waals surface area contributed by atoms with Crippen LogP contribution in [0.4, 0.5) is 10.5 Å². The smallest absolute Gasteiger partial charge is 0.322 e. The number of urea groups is 1. The molecular weight excluding hydrogens is 326 g/mol. The van der Waals surface area contributed by atoms with Gasteiger partial charge in [0.25, 0.3) is 0 Å². The van der Waals surface area contributed by atoms with E-state index >= 15 is 0 Å². The molecule has 1 atom stereocenters. The highest BCUT2D eigenvalue weighted by Crippen LogP contribution is 2.36. The fourth-order valence-electron chi connectivity index (χ4n) is 3.28. The van der Waals surface area contributed by atoms with Crippen molar-refractivity contribution in [3.63, 3.8) is 0 Å². The van der Waals surface area contributed by atoms with Gasteiger partial charge in [-0.15, -0.1) is 0 Å². The van der Waals surface area contributed by atoms with E-state index in [9.17, 15) is 4.79 Å². The van der Waals surface area contributed by atoms with Gasteiger partial charge in [0.1, 0.15) is 5.76 Å². The molecule has 128 valence electrons. The van der Waals surface area contributed by atoms with Crippen LogP contribution >= 0.6 is 11.6 Å². The Hall–Kier alpha value is -2.01. The maximum atomic E-state index is 12.7. The molecule has 1 fully saturated rings. The molecule has 0 unspecified atom stereocenters. The summed E-state index contributed by atoms with van der Waals surface area (Å²) < 4.78 is 5.41. The largest absolute Gasteiger partial charge is 0.361 e. The molecule has 6 heteroatoms. The normalized spacial score (nSPS) is 17.3. The fraction of sp³-hybridized carbons (Fsp3) is 0.444. The van der Waals surface area contributed by atoms with Crippen LogP contribution in [0, 0.1) is 13.8 Å². The van der Waals surface area contributed by atoms with Crippen LogP contribution in [0.25, 0.3) is 0 Å². The number of hydrogen-bond acceptors (Lipinski definition) is 3. The van der Waals surface area contributed by atoms with Crippen molar-refractivity contribution >= 4 is 23.3 Å². The molecule has 0 radical (unpaired) electrons. The lowest BCUT2D eigenvalue weighted by Gasteiger charge is -2.25. The third kappa shape index (κ3) is 3.13. The molecule has 1 aliphatic rings. The van der Waals surface area contributed by atoms with E-state index in [1.807, 2.05) is 37.8 Å². The van der Waals surface area contributed by atoms with Crippen LogP contribution in [-0.4, -0.2) is 22.6 Å². The van der Waals surface area contributed by atoms with Gasteiger partial charge in [-0.25, -0.2) is 4.79 Å². The third-order valence-electron chi connectivity index (χ3n) is 4.57. The second kappa shape index (κ2) is 6.85. The Bertz CT molecular complexity index is 757. The predicted molar refractivity (Wildman–Crippen MR) is 94.5 cm³/mol. The number of aryl methyl sites for hydroxylation is 3. The zero-order valence-corrected chi connectivity index (χ0v) is 15.0. The first-order valence-electron chi connectivity index (χ1n) is 8.30. The number of hydrogen-bond donors (Lipinski definition) is 1. The number of halogens is 1. The van der Waals surface area contributed by atoms with E-state index in [1.54, 1.807) is 6.07 Å². The van der Waals surface area contributed by atoms with Gasteiger partial charge in [-0.2, -0.15) is 0 Å². The maximum absolute atomic E-state index is 12.7. The lowest BCUT2D eigenvalue weighted by atomic mass is 10.0. The summed E-state index contributed by atoms with van der Waals surface area (Å²) >= 11 is 6.14. The van der Waals surface area contributed by atoms with Crippen molar-refractivity contribution in [2.75, 3.05) is 11.9 Å². The average molecular weight is 348 g/mol. The Labute approximate surface area is 147 Å². The Kier molecular flexibility index (Phi) is 4.81. The number of carbonyl (C=O) groups excluding carboxylic acids is 1. The quantitative estimate of drug-likeness (QED) is 0.861. The summed E-state index contributed by atoms with van der Waals surface area (Å²) in [5.74, 6) is 0.871. The molecule has 3 rings (SSSR count). The molecule has 0 saturated carbocycles. The van der Waals surface area contributed by atoms with Gasteiger partial charge in [0.2, 0.25) is 0 Å². The molecule has 24 heavy (non-hydrogen) atoms. The van der Waals surface area contributed by atoms with Crippen molar-refractivity contribution in [2.24, 2.45) is 0 Å². The first-order valence-corrected chi connectivity index (χ1v) is 8.68. The van der Waals surface area contributed by atoms with Gasteiger partial charge in [-0.3, -0.25) is 0 Å². The van der Waals surface area contributed by atoms with Gasteiger partial charge < -0.3 is 14.7 Å². The first kappa shape index (κ1) is 16.8. The number of anilines is 1. The standard InChI is InChI=1S/C18H22ClN3O2/c1-4-16-17(12(3)21-24-16)15-6-5-9-22(15)18(23)20-13-8-7-11(2)14(19)10-13/h7-8,10,15H,4-6,9H2,1-3H3,(H,20,23)/t15-/m0/s1. The number of likely N-dealkylation sites (tertiary alicyclic amines) is 1. The molecule has 0 bridgehead atoms. The summed E-state index contributed by atoms with van der Waals surface area (Å²) in [5.41, 5.74) is 3.63. The van der Waals surface area contributed by atoms with Crippen molar-refractivity contribution in [3.8, 4) is 0 Å². The lowest BCUT2D eigenvalue weighted by Crippen LogP contribution is -2.34. The summed E-state index contributed by atoms with van der Waals surface area (Å²) in [7, 11) is 0. The zero-order valence-electron chi connectivity index (χ0n) is 14.2. The van der Waals surface area contributed by atoms with E-state index in [0.717, 1.165) is 48.4 Å². The van der Waals surface area contributed by atoms with Crippen LogP contribution in [0.3, 0.4) is 0 Å². The molecule has 1 aliphatic heterocycles. The highest BCUT2D eigenvalue weighted by molar-refractivity contribution is 6.31. The number of aromatic nitrogens is 1. The highest BCUT2D eigenvalue weighted by Gasteiger charge is 2.34. The van der Waals surface area contributed by atoms with Gasteiger partial charge in [0.05, 0.1) is 11.7 Å². The lowest BCUT2D eigenvalue weighted by molar-refractivity contribution is 0.206. The predicted octanol–water partition coefficient (Wildman–Crippen LogP) is 4.88. The molecule has 5 nitrogen and oxygen atoms in total. The van der Waals surface area contributed by atoms with Gasteiger partial charge in [0, 0.05) is 29.2 Å². The van der Waals surface area contributed by atoms with Crippen LogP contribution < -0.4 is 5.32 Å². The van der Waals surface area contributed by atoms with Crippen LogP contribution in [0.1, 0.15) is 48.4 Å². The zero-order chi connectivity index (χ0) is 17.3. The van der Waals surface area contributed by atoms with Gasteiger partial charge in [-0.1, -0.05) is 29.7 Å². The molecule has 2 heterocycles. The van der Waals surface area contributed by atoms with Gasteiger partial charge in [-0.05, 0) is 44.4 Å². The number of carbonyl (C=O) groups is 1. The van der Waals surface area contributed by atoms with Gasteiger partial charge >= 0.3 is 6.03 Å². The molecule has 2 aromatic rings.